The molecule has 18 heavy (non-hydrogen) atoms. The Morgan fingerprint density at radius 2 is 2.33 bits per heavy atom. The highest BCUT2D eigenvalue weighted by atomic mass is 35.5. The van der Waals surface area contributed by atoms with E-state index in [4.69, 9.17) is 21.4 Å². The van der Waals surface area contributed by atoms with Gasteiger partial charge in [0.15, 0.2) is 0 Å². The van der Waals surface area contributed by atoms with Gasteiger partial charge in [0.25, 0.3) is 5.91 Å². The number of carbonyl (C=O) groups excluding carboxylic acids is 1. The van der Waals surface area contributed by atoms with E-state index in [-0.39, 0.29) is 16.7 Å². The van der Waals surface area contributed by atoms with Crippen LogP contribution in [0.25, 0.3) is 0 Å². The summed E-state index contributed by atoms with van der Waals surface area (Å²) >= 11 is 5.88. The van der Waals surface area contributed by atoms with Gasteiger partial charge in [-0.1, -0.05) is 0 Å². The number of halogens is 2. The van der Waals surface area contributed by atoms with Crippen molar-refractivity contribution >= 4 is 17.5 Å². The summed E-state index contributed by atoms with van der Waals surface area (Å²) in [6.45, 7) is 0.724. The van der Waals surface area contributed by atoms with Crippen molar-refractivity contribution < 1.29 is 19.0 Å². The molecule has 0 aliphatic heterocycles. The molecule has 0 fully saturated rings. The summed E-state index contributed by atoms with van der Waals surface area (Å²) in [4.78, 5) is 11.6. The van der Waals surface area contributed by atoms with Crippen LogP contribution >= 0.6 is 11.6 Å². The predicted octanol–water partition coefficient (Wildman–Crippen LogP) is 1.91. The van der Waals surface area contributed by atoms with E-state index < -0.39 is 11.7 Å². The largest absolute Gasteiger partial charge is 0.508 e. The smallest absolute Gasteiger partial charge is 0.254 e. The number of phenols is 1. The van der Waals surface area contributed by atoms with Crippen LogP contribution in [0.15, 0.2) is 18.2 Å². The molecule has 2 N–H and O–H groups in total. The van der Waals surface area contributed by atoms with Crippen molar-refractivity contribution in [1.29, 1.82) is 0 Å². The number of nitrogens with one attached hydrogen (secondary N) is 1. The Labute approximate surface area is 110 Å². The van der Waals surface area contributed by atoms with Gasteiger partial charge in [0.05, 0.1) is 17.5 Å². The van der Waals surface area contributed by atoms with Gasteiger partial charge in [-0.15, -0.1) is 11.6 Å². The third-order valence-corrected chi connectivity index (χ3v) is 2.63. The third-order valence-electron chi connectivity index (χ3n) is 2.29. The highest BCUT2D eigenvalue weighted by molar-refractivity contribution is 6.20. The number of amides is 1. The van der Waals surface area contributed by atoms with Gasteiger partial charge in [-0.05, 0) is 18.6 Å². The molecular weight excluding hydrogens is 261 g/mol. The number of carbonyl (C=O) groups is 1. The minimum atomic E-state index is -0.758. The molecule has 0 spiro atoms. The van der Waals surface area contributed by atoms with E-state index >= 15 is 0 Å². The molecule has 1 aromatic carbocycles. The average Bonchev–Trinajstić information content (AvgIpc) is 2.29. The van der Waals surface area contributed by atoms with Crippen LogP contribution in [0.5, 0.6) is 5.75 Å². The van der Waals surface area contributed by atoms with E-state index in [0.29, 0.717) is 19.6 Å². The summed E-state index contributed by atoms with van der Waals surface area (Å²) in [5, 5.41) is 11.4. The van der Waals surface area contributed by atoms with Gasteiger partial charge >= 0.3 is 0 Å². The van der Waals surface area contributed by atoms with Gasteiger partial charge in [0.2, 0.25) is 0 Å². The van der Waals surface area contributed by atoms with Crippen LogP contribution in [0.4, 0.5) is 4.39 Å². The summed E-state index contributed by atoms with van der Waals surface area (Å²) in [5.41, 5.74) is -0.106. The van der Waals surface area contributed by atoms with Crippen LogP contribution in [0.1, 0.15) is 16.8 Å². The Kier molecular flexibility index (Phi) is 5.88. The van der Waals surface area contributed by atoms with E-state index in [0.717, 1.165) is 6.07 Å². The highest BCUT2D eigenvalue weighted by Crippen LogP contribution is 2.14. The number of hydrogen-bond donors (Lipinski definition) is 2. The summed E-state index contributed by atoms with van der Waals surface area (Å²) in [7, 11) is 1.54. The van der Waals surface area contributed by atoms with E-state index in [9.17, 15) is 9.18 Å². The van der Waals surface area contributed by atoms with Gasteiger partial charge in [-0.3, -0.25) is 4.79 Å². The lowest BCUT2D eigenvalue weighted by Gasteiger charge is -2.09. The van der Waals surface area contributed by atoms with Crippen LogP contribution in [0, 0.1) is 5.82 Å². The second kappa shape index (κ2) is 7.18. The molecule has 100 valence electrons. The summed E-state index contributed by atoms with van der Waals surface area (Å²) in [6, 6.07) is 3.38. The summed E-state index contributed by atoms with van der Waals surface area (Å²) < 4.78 is 18.2. The molecular formula is C12H15ClFNO3. The first-order valence-corrected chi connectivity index (χ1v) is 5.88. The SMILES string of the molecule is COCC(Cl)CCNC(=O)c1ccc(O)cc1F. The second-order valence-corrected chi connectivity index (χ2v) is 4.38. The lowest BCUT2D eigenvalue weighted by molar-refractivity contribution is 0.0947. The maximum atomic E-state index is 13.3. The molecule has 1 amide bonds. The fourth-order valence-electron chi connectivity index (χ4n) is 1.39. The van der Waals surface area contributed by atoms with Gasteiger partial charge in [0.1, 0.15) is 11.6 Å². The Morgan fingerprint density at radius 3 is 2.94 bits per heavy atom. The molecule has 0 aliphatic carbocycles. The maximum Gasteiger partial charge on any atom is 0.254 e. The number of methoxy groups -OCH3 is 1. The number of ether oxygens (including phenoxy) is 1. The average molecular weight is 276 g/mol. The molecule has 6 heteroatoms. The Balaban J connectivity index is 2.45. The van der Waals surface area contributed by atoms with E-state index in [1.807, 2.05) is 0 Å². The standard InChI is InChI=1S/C12H15ClFNO3/c1-18-7-8(13)4-5-15-12(17)10-3-2-9(16)6-11(10)14/h2-3,6,8,16H,4-5,7H2,1H3,(H,15,17). The molecule has 0 saturated heterocycles. The molecule has 1 unspecified atom stereocenters. The second-order valence-electron chi connectivity index (χ2n) is 3.76. The molecule has 0 heterocycles. The number of hydrogen-bond acceptors (Lipinski definition) is 3. The molecule has 0 bridgehead atoms. The normalized spacial score (nSPS) is 12.2. The van der Waals surface area contributed by atoms with E-state index in [1.165, 1.54) is 12.1 Å². The van der Waals surface area contributed by atoms with Crippen molar-refractivity contribution in [3.63, 3.8) is 0 Å². The minimum Gasteiger partial charge on any atom is -0.508 e. The van der Waals surface area contributed by atoms with Crippen molar-refractivity contribution in [3.8, 4) is 5.75 Å². The summed E-state index contributed by atoms with van der Waals surface area (Å²) in [6.07, 6.45) is 0.529. The van der Waals surface area contributed by atoms with Gasteiger partial charge < -0.3 is 15.2 Å². The Morgan fingerprint density at radius 1 is 1.61 bits per heavy atom. The molecule has 4 nitrogen and oxygen atoms in total. The van der Waals surface area contributed by atoms with Gasteiger partial charge in [-0.25, -0.2) is 4.39 Å². The number of phenolic OH excluding ortho intramolecular Hbond substituents is 1. The quantitative estimate of drug-likeness (QED) is 0.780. The van der Waals surface area contributed by atoms with Crippen LogP contribution in [0.3, 0.4) is 0 Å². The molecule has 1 rings (SSSR count). The zero-order valence-electron chi connectivity index (χ0n) is 9.95. The zero-order valence-corrected chi connectivity index (χ0v) is 10.7. The maximum absolute atomic E-state index is 13.3. The lowest BCUT2D eigenvalue weighted by atomic mass is 10.2. The summed E-state index contributed by atoms with van der Waals surface area (Å²) in [5.74, 6) is -1.51. The highest BCUT2D eigenvalue weighted by Gasteiger charge is 2.12. The monoisotopic (exact) mass is 275 g/mol. The molecule has 0 saturated carbocycles. The van der Waals surface area contributed by atoms with Gasteiger partial charge in [0, 0.05) is 19.7 Å². The number of aromatic hydroxyl groups is 1. The number of alkyl halides is 1. The fourth-order valence-corrected chi connectivity index (χ4v) is 1.62. The fraction of sp³-hybridized carbons (Fsp3) is 0.417. The molecule has 1 atom stereocenters. The molecule has 0 aliphatic rings. The van der Waals surface area contributed by atoms with E-state index in [1.54, 1.807) is 7.11 Å². The lowest BCUT2D eigenvalue weighted by Crippen LogP contribution is -2.27. The van der Waals surface area contributed by atoms with E-state index in [2.05, 4.69) is 5.32 Å². The first-order chi connectivity index (χ1) is 8.54. The number of rotatable bonds is 6. The first kappa shape index (κ1) is 14.7. The number of benzene rings is 1. The third kappa shape index (κ3) is 4.50. The van der Waals surface area contributed by atoms with Crippen LogP contribution in [0.2, 0.25) is 0 Å². The molecule has 0 radical (unpaired) electrons. The Bertz CT molecular complexity index is 414. The van der Waals surface area contributed by atoms with Crippen molar-refractivity contribution in [2.24, 2.45) is 0 Å². The molecule has 0 aromatic heterocycles. The predicted molar refractivity (Wildman–Crippen MR) is 66.5 cm³/mol. The van der Waals surface area contributed by atoms with Crippen LogP contribution in [-0.2, 0) is 4.74 Å². The van der Waals surface area contributed by atoms with Crippen molar-refractivity contribution in [3.05, 3.63) is 29.6 Å². The first-order valence-electron chi connectivity index (χ1n) is 5.44. The van der Waals surface area contributed by atoms with Crippen molar-refractivity contribution in [1.82, 2.24) is 5.32 Å². The molecule has 1 aromatic rings. The van der Waals surface area contributed by atoms with Gasteiger partial charge in [-0.2, -0.15) is 0 Å². The van der Waals surface area contributed by atoms with Crippen molar-refractivity contribution in [2.45, 2.75) is 11.8 Å². The van der Waals surface area contributed by atoms with Crippen LogP contribution in [-0.4, -0.2) is 36.7 Å². The minimum absolute atomic E-state index is 0.106. The van der Waals surface area contributed by atoms with Crippen molar-refractivity contribution in [2.75, 3.05) is 20.3 Å². The van der Waals surface area contributed by atoms with Crippen LogP contribution < -0.4 is 5.32 Å². The topological polar surface area (TPSA) is 58.6 Å². The Hall–Kier alpha value is -1.33. The zero-order chi connectivity index (χ0) is 13.5.